The fourth-order valence-corrected chi connectivity index (χ4v) is 5.50. The molecule has 0 saturated carbocycles. The molecule has 1 amide bonds. The molecule has 2 aromatic heterocycles. The third-order valence-electron chi connectivity index (χ3n) is 5.74. The number of hydrogen-bond donors (Lipinski definition) is 2. The quantitative estimate of drug-likeness (QED) is 0.607. The summed E-state index contributed by atoms with van der Waals surface area (Å²) < 4.78 is 26.0. The Labute approximate surface area is 192 Å². The van der Waals surface area contributed by atoms with Crippen molar-refractivity contribution in [3.63, 3.8) is 0 Å². The van der Waals surface area contributed by atoms with Crippen LogP contribution < -0.4 is 16.0 Å². The highest BCUT2D eigenvalue weighted by atomic mass is 32.2. The smallest absolute Gasteiger partial charge is 0.274 e. The van der Waals surface area contributed by atoms with E-state index in [1.54, 1.807) is 6.07 Å². The molecule has 5 rings (SSSR count). The summed E-state index contributed by atoms with van der Waals surface area (Å²) in [5.74, 6) is -0.898. The SMILES string of the molecule is NC1=NC[C@H]2CN(c3ncc(F)cn3)C[C@]2(c2cccc(NC(=O)c3ccc(F)cn3)c2)S1. The van der Waals surface area contributed by atoms with Gasteiger partial charge in [0, 0.05) is 31.2 Å². The molecule has 4 heterocycles. The number of aliphatic imine (C=N–C) groups is 1. The predicted molar refractivity (Wildman–Crippen MR) is 122 cm³/mol. The fraction of sp³-hybridized carbons (Fsp3) is 0.227. The molecule has 0 radical (unpaired) electrons. The van der Waals surface area contributed by atoms with Gasteiger partial charge in [-0.15, -0.1) is 0 Å². The average molecular weight is 468 g/mol. The molecule has 1 saturated heterocycles. The Morgan fingerprint density at radius 3 is 2.67 bits per heavy atom. The molecule has 0 spiro atoms. The zero-order chi connectivity index (χ0) is 23.0. The summed E-state index contributed by atoms with van der Waals surface area (Å²) in [4.78, 5) is 31.1. The van der Waals surface area contributed by atoms with Crippen molar-refractivity contribution in [1.29, 1.82) is 0 Å². The predicted octanol–water partition coefficient (Wildman–Crippen LogP) is 2.80. The van der Waals surface area contributed by atoms with E-state index >= 15 is 0 Å². The van der Waals surface area contributed by atoms with Crippen LogP contribution in [-0.2, 0) is 4.75 Å². The summed E-state index contributed by atoms with van der Waals surface area (Å²) >= 11 is 1.47. The second-order valence-corrected chi connectivity index (χ2v) is 9.20. The van der Waals surface area contributed by atoms with E-state index in [1.165, 1.54) is 23.9 Å². The van der Waals surface area contributed by atoms with Crippen LogP contribution in [0.1, 0.15) is 16.1 Å². The van der Waals surface area contributed by atoms with Crippen LogP contribution in [0.3, 0.4) is 0 Å². The maximum Gasteiger partial charge on any atom is 0.274 e. The highest BCUT2D eigenvalue weighted by Gasteiger charge is 2.51. The van der Waals surface area contributed by atoms with Crippen molar-refractivity contribution in [2.24, 2.45) is 16.6 Å². The van der Waals surface area contributed by atoms with Gasteiger partial charge in [0.25, 0.3) is 5.91 Å². The zero-order valence-electron chi connectivity index (χ0n) is 17.3. The first-order chi connectivity index (χ1) is 15.9. The monoisotopic (exact) mass is 467 g/mol. The number of halogens is 2. The lowest BCUT2D eigenvalue weighted by atomic mass is 9.87. The van der Waals surface area contributed by atoms with E-state index in [0.29, 0.717) is 36.4 Å². The van der Waals surface area contributed by atoms with Crippen LogP contribution in [0.5, 0.6) is 0 Å². The molecular formula is C22H19F2N7OS. The number of pyridine rings is 1. The van der Waals surface area contributed by atoms with E-state index < -0.39 is 22.3 Å². The Hall–Kier alpha value is -3.60. The van der Waals surface area contributed by atoms with E-state index in [2.05, 4.69) is 25.3 Å². The van der Waals surface area contributed by atoms with Crippen molar-refractivity contribution in [3.8, 4) is 0 Å². The Kier molecular flexibility index (Phi) is 5.41. The van der Waals surface area contributed by atoms with Crippen molar-refractivity contribution < 1.29 is 13.6 Å². The van der Waals surface area contributed by atoms with Crippen LogP contribution in [0.4, 0.5) is 20.4 Å². The van der Waals surface area contributed by atoms with Gasteiger partial charge >= 0.3 is 0 Å². The number of nitrogens with zero attached hydrogens (tertiary/aromatic N) is 5. The minimum Gasteiger partial charge on any atom is -0.379 e. The van der Waals surface area contributed by atoms with Gasteiger partial charge in [-0.05, 0) is 29.8 Å². The van der Waals surface area contributed by atoms with Crippen molar-refractivity contribution >= 4 is 34.5 Å². The maximum atomic E-state index is 13.3. The molecule has 168 valence electrons. The van der Waals surface area contributed by atoms with Crippen molar-refractivity contribution in [1.82, 2.24) is 15.0 Å². The molecule has 1 fully saturated rings. The van der Waals surface area contributed by atoms with Crippen LogP contribution in [0.15, 0.2) is 60.0 Å². The minimum absolute atomic E-state index is 0.105. The van der Waals surface area contributed by atoms with Gasteiger partial charge in [0.2, 0.25) is 5.95 Å². The molecule has 3 N–H and O–H groups in total. The first kappa shape index (κ1) is 21.3. The number of thioether (sulfide) groups is 1. The molecule has 0 aliphatic carbocycles. The third-order valence-corrected chi connectivity index (χ3v) is 7.14. The number of benzene rings is 1. The van der Waals surface area contributed by atoms with E-state index in [4.69, 9.17) is 5.73 Å². The summed E-state index contributed by atoms with van der Waals surface area (Å²) in [7, 11) is 0. The first-order valence-corrected chi connectivity index (χ1v) is 11.0. The molecule has 2 atom stereocenters. The van der Waals surface area contributed by atoms with Gasteiger partial charge in [-0.2, -0.15) is 0 Å². The number of carbonyl (C=O) groups is 1. The van der Waals surface area contributed by atoms with Crippen molar-refractivity contribution in [2.75, 3.05) is 29.9 Å². The molecule has 3 aromatic rings. The highest BCUT2D eigenvalue weighted by molar-refractivity contribution is 8.14. The fourth-order valence-electron chi connectivity index (χ4n) is 4.20. The number of aromatic nitrogens is 3. The summed E-state index contributed by atoms with van der Waals surface area (Å²) in [5.41, 5.74) is 7.78. The van der Waals surface area contributed by atoms with Gasteiger partial charge < -0.3 is 16.0 Å². The lowest BCUT2D eigenvalue weighted by molar-refractivity contribution is 0.102. The van der Waals surface area contributed by atoms with E-state index in [0.717, 1.165) is 24.2 Å². The molecule has 0 bridgehead atoms. The molecule has 0 unspecified atom stereocenters. The van der Waals surface area contributed by atoms with E-state index in [1.807, 2.05) is 23.1 Å². The number of rotatable bonds is 4. The standard InChI is InChI=1S/C22H19F2N7OS/c23-15-4-5-18(26-8-15)19(32)30-17-3-1-2-13(6-17)22-12-31(21-28-9-16(24)10-29-21)11-14(22)7-27-20(25)33-22/h1-6,8-10,14H,7,11-12H2,(H2,25,27)(H,30,32)/t14-,22+/m0/s1. The molecule has 2 aliphatic heterocycles. The van der Waals surface area contributed by atoms with E-state index in [-0.39, 0.29) is 11.6 Å². The second-order valence-electron chi connectivity index (χ2n) is 7.85. The number of amides is 1. The molecule has 1 aromatic carbocycles. The Morgan fingerprint density at radius 1 is 1.12 bits per heavy atom. The van der Waals surface area contributed by atoms with Crippen LogP contribution in [0, 0.1) is 17.6 Å². The maximum absolute atomic E-state index is 13.3. The van der Waals surface area contributed by atoms with Crippen molar-refractivity contribution in [3.05, 3.63) is 77.9 Å². The molecule has 8 nitrogen and oxygen atoms in total. The van der Waals surface area contributed by atoms with Crippen LogP contribution in [-0.4, -0.2) is 45.7 Å². The third kappa shape index (κ3) is 4.11. The topological polar surface area (TPSA) is 109 Å². The van der Waals surface area contributed by atoms with Gasteiger partial charge in [-0.1, -0.05) is 23.9 Å². The number of hydrogen-bond acceptors (Lipinski definition) is 8. The average Bonchev–Trinajstić information content (AvgIpc) is 3.20. The molecule has 11 heteroatoms. The Morgan fingerprint density at radius 2 is 1.91 bits per heavy atom. The van der Waals surface area contributed by atoms with Gasteiger partial charge in [-0.25, -0.2) is 23.7 Å². The van der Waals surface area contributed by atoms with Gasteiger partial charge in [-0.3, -0.25) is 9.79 Å². The summed E-state index contributed by atoms with van der Waals surface area (Å²) in [6.07, 6.45) is 3.30. The Balaban J connectivity index is 1.44. The molecular weight excluding hydrogens is 448 g/mol. The summed E-state index contributed by atoms with van der Waals surface area (Å²) in [6, 6.07) is 10.0. The molecule has 33 heavy (non-hydrogen) atoms. The van der Waals surface area contributed by atoms with Crippen LogP contribution in [0.25, 0.3) is 0 Å². The second kappa shape index (κ2) is 8.39. The number of amidine groups is 1. The van der Waals surface area contributed by atoms with Gasteiger partial charge in [0.15, 0.2) is 11.0 Å². The lowest BCUT2D eigenvalue weighted by Gasteiger charge is -2.36. The largest absolute Gasteiger partial charge is 0.379 e. The molecule has 2 aliphatic rings. The summed E-state index contributed by atoms with van der Waals surface area (Å²) in [6.45, 7) is 1.71. The number of fused-ring (bicyclic) bond motifs is 1. The van der Waals surface area contributed by atoms with Crippen LogP contribution >= 0.6 is 11.8 Å². The number of nitrogens with one attached hydrogen (secondary N) is 1. The lowest BCUT2D eigenvalue weighted by Crippen LogP contribution is -2.39. The number of carbonyl (C=O) groups excluding carboxylic acids is 1. The zero-order valence-corrected chi connectivity index (χ0v) is 18.1. The van der Waals surface area contributed by atoms with Gasteiger partial charge in [0.1, 0.15) is 11.5 Å². The first-order valence-electron chi connectivity index (χ1n) is 10.2. The van der Waals surface area contributed by atoms with Gasteiger partial charge in [0.05, 0.1) is 23.3 Å². The number of nitrogens with two attached hydrogens (primary N) is 1. The van der Waals surface area contributed by atoms with Crippen molar-refractivity contribution in [2.45, 2.75) is 4.75 Å². The minimum atomic E-state index is -0.511. The Bertz CT molecular complexity index is 1220. The van der Waals surface area contributed by atoms with E-state index in [9.17, 15) is 13.6 Å². The van der Waals surface area contributed by atoms with Crippen LogP contribution in [0.2, 0.25) is 0 Å². The normalized spacial score (nSPS) is 21.9. The summed E-state index contributed by atoms with van der Waals surface area (Å²) in [5, 5.41) is 3.30. The highest BCUT2D eigenvalue weighted by Crippen LogP contribution is 2.51. The number of anilines is 2.